The highest BCUT2D eigenvalue weighted by Crippen LogP contribution is 2.32. The number of benzene rings is 2. The van der Waals surface area contributed by atoms with Gasteiger partial charge in [0.15, 0.2) is 5.43 Å². The summed E-state index contributed by atoms with van der Waals surface area (Å²) in [5.41, 5.74) is 0.971. The lowest BCUT2D eigenvalue weighted by molar-refractivity contribution is 0.0938. The van der Waals surface area contributed by atoms with E-state index in [0.29, 0.717) is 21.6 Å². The molecule has 1 aromatic heterocycles. The third kappa shape index (κ3) is 2.09. The van der Waals surface area contributed by atoms with Gasteiger partial charge in [0.05, 0.1) is 17.0 Å². The average Bonchev–Trinajstić information content (AvgIpc) is 2.86. The van der Waals surface area contributed by atoms with Crippen LogP contribution in [0.5, 0.6) is 5.75 Å². The quantitative estimate of drug-likeness (QED) is 0.720. The van der Waals surface area contributed by atoms with Crippen molar-refractivity contribution in [1.29, 1.82) is 0 Å². The molecule has 3 aromatic rings. The Balaban J connectivity index is 1.99. The van der Waals surface area contributed by atoms with E-state index in [2.05, 4.69) is 5.32 Å². The van der Waals surface area contributed by atoms with Crippen LogP contribution in [-0.2, 0) is 0 Å². The zero-order valence-electron chi connectivity index (χ0n) is 11.7. The Morgan fingerprint density at radius 2 is 1.83 bits per heavy atom. The monoisotopic (exact) mass is 327 g/mol. The maximum Gasteiger partial charge on any atom is 0.288 e. The van der Waals surface area contributed by atoms with Gasteiger partial charge in [-0.1, -0.05) is 23.7 Å². The van der Waals surface area contributed by atoms with E-state index < -0.39 is 11.9 Å². The predicted octanol–water partition coefficient (Wildman–Crippen LogP) is 2.98. The third-order valence-corrected chi connectivity index (χ3v) is 4.12. The van der Waals surface area contributed by atoms with Gasteiger partial charge in [-0.25, -0.2) is 0 Å². The molecule has 1 unspecified atom stereocenters. The van der Waals surface area contributed by atoms with Crippen LogP contribution in [0.2, 0.25) is 5.02 Å². The van der Waals surface area contributed by atoms with E-state index in [1.165, 1.54) is 18.2 Å². The number of aromatic hydroxyl groups is 1. The number of halogens is 1. The average molecular weight is 328 g/mol. The van der Waals surface area contributed by atoms with Crippen molar-refractivity contribution in [3.05, 3.63) is 74.6 Å². The van der Waals surface area contributed by atoms with Gasteiger partial charge in [0.1, 0.15) is 11.3 Å². The van der Waals surface area contributed by atoms with Crippen LogP contribution in [0.3, 0.4) is 0 Å². The second kappa shape index (κ2) is 4.86. The highest BCUT2D eigenvalue weighted by molar-refractivity contribution is 6.31. The molecular weight excluding hydrogens is 318 g/mol. The SMILES string of the molecule is O=C1NC(c2ccc(O)cc2)c2c1oc1ccc(Cl)cc1c2=O. The summed E-state index contributed by atoms with van der Waals surface area (Å²) in [6, 6.07) is 10.4. The van der Waals surface area contributed by atoms with E-state index in [4.69, 9.17) is 16.0 Å². The van der Waals surface area contributed by atoms with Crippen molar-refractivity contribution in [3.63, 3.8) is 0 Å². The topological polar surface area (TPSA) is 79.5 Å². The van der Waals surface area contributed by atoms with Crippen LogP contribution < -0.4 is 10.7 Å². The first kappa shape index (κ1) is 13.8. The number of phenols is 1. The molecule has 5 nitrogen and oxygen atoms in total. The number of phenolic OH excluding ortho intramolecular Hbond substituents is 1. The van der Waals surface area contributed by atoms with Crippen molar-refractivity contribution >= 4 is 28.5 Å². The Bertz CT molecular complexity index is 1010. The Morgan fingerprint density at radius 1 is 1.09 bits per heavy atom. The molecule has 1 aliphatic heterocycles. The fourth-order valence-electron chi connectivity index (χ4n) is 2.80. The fourth-order valence-corrected chi connectivity index (χ4v) is 2.97. The minimum atomic E-state index is -0.613. The molecule has 0 radical (unpaired) electrons. The lowest BCUT2D eigenvalue weighted by Crippen LogP contribution is -2.21. The lowest BCUT2D eigenvalue weighted by Gasteiger charge is -2.11. The van der Waals surface area contributed by atoms with Crippen LogP contribution in [0.1, 0.15) is 27.7 Å². The van der Waals surface area contributed by atoms with E-state index in [9.17, 15) is 14.7 Å². The molecule has 0 saturated carbocycles. The summed E-state index contributed by atoms with van der Waals surface area (Å²) >= 11 is 5.95. The molecule has 0 spiro atoms. The maximum absolute atomic E-state index is 12.8. The standard InChI is InChI=1S/C17H10ClNO4/c18-9-3-6-12-11(7-9)15(21)13-14(19-17(22)16(13)23-12)8-1-4-10(20)5-2-8/h1-7,14,20H,(H,19,22). The molecule has 1 amide bonds. The molecule has 4 rings (SSSR count). The number of carbonyl (C=O) groups excluding carboxylic acids is 1. The van der Waals surface area contributed by atoms with Crippen LogP contribution in [-0.4, -0.2) is 11.0 Å². The molecule has 2 N–H and O–H groups in total. The largest absolute Gasteiger partial charge is 0.508 e. The number of nitrogens with one attached hydrogen (secondary N) is 1. The number of carbonyl (C=O) groups is 1. The van der Waals surface area contributed by atoms with Crippen molar-refractivity contribution in [2.75, 3.05) is 0 Å². The Labute approximate surface area is 135 Å². The summed E-state index contributed by atoms with van der Waals surface area (Å²) in [5, 5.41) is 12.9. The molecule has 114 valence electrons. The van der Waals surface area contributed by atoms with Crippen LogP contribution in [0, 0.1) is 0 Å². The van der Waals surface area contributed by atoms with Crippen molar-refractivity contribution in [3.8, 4) is 5.75 Å². The molecule has 1 atom stereocenters. The van der Waals surface area contributed by atoms with Crippen molar-refractivity contribution < 1.29 is 14.3 Å². The highest BCUT2D eigenvalue weighted by atomic mass is 35.5. The summed E-state index contributed by atoms with van der Waals surface area (Å²) in [6.07, 6.45) is 0. The Hall–Kier alpha value is -2.79. The van der Waals surface area contributed by atoms with Gasteiger partial charge < -0.3 is 14.8 Å². The molecule has 1 aliphatic rings. The molecule has 0 fully saturated rings. The minimum absolute atomic E-state index is 0.0166. The van der Waals surface area contributed by atoms with Crippen LogP contribution >= 0.6 is 11.6 Å². The molecule has 0 saturated heterocycles. The molecule has 2 heterocycles. The molecule has 2 aromatic carbocycles. The van der Waals surface area contributed by atoms with Crippen LogP contribution in [0.4, 0.5) is 0 Å². The minimum Gasteiger partial charge on any atom is -0.508 e. The highest BCUT2D eigenvalue weighted by Gasteiger charge is 2.35. The lowest BCUT2D eigenvalue weighted by atomic mass is 9.99. The van der Waals surface area contributed by atoms with E-state index in [-0.39, 0.29) is 22.5 Å². The molecule has 0 aliphatic carbocycles. The first-order valence-electron chi connectivity index (χ1n) is 6.90. The second-order valence-electron chi connectivity index (χ2n) is 5.31. The molecule has 23 heavy (non-hydrogen) atoms. The van der Waals surface area contributed by atoms with Crippen LogP contribution in [0.25, 0.3) is 11.0 Å². The second-order valence-corrected chi connectivity index (χ2v) is 5.75. The van der Waals surface area contributed by atoms with Crippen molar-refractivity contribution in [1.82, 2.24) is 5.32 Å². The Morgan fingerprint density at radius 3 is 2.57 bits per heavy atom. The number of hydrogen-bond donors (Lipinski definition) is 2. The van der Waals surface area contributed by atoms with Gasteiger partial charge in [0.2, 0.25) is 5.76 Å². The van der Waals surface area contributed by atoms with Gasteiger partial charge in [-0.05, 0) is 35.9 Å². The molecular formula is C17H10ClNO4. The first-order valence-corrected chi connectivity index (χ1v) is 7.28. The molecule has 0 bridgehead atoms. The van der Waals surface area contributed by atoms with Crippen molar-refractivity contribution in [2.45, 2.75) is 6.04 Å². The number of fused-ring (bicyclic) bond motifs is 2. The zero-order chi connectivity index (χ0) is 16.1. The number of amides is 1. The summed E-state index contributed by atoms with van der Waals surface area (Å²) in [7, 11) is 0. The summed E-state index contributed by atoms with van der Waals surface area (Å²) in [6.45, 7) is 0. The first-order chi connectivity index (χ1) is 11.0. The van der Waals surface area contributed by atoms with E-state index in [1.54, 1.807) is 24.3 Å². The van der Waals surface area contributed by atoms with E-state index >= 15 is 0 Å². The fraction of sp³-hybridized carbons (Fsp3) is 0.0588. The smallest absolute Gasteiger partial charge is 0.288 e. The van der Waals surface area contributed by atoms with Gasteiger partial charge in [0, 0.05) is 5.02 Å². The van der Waals surface area contributed by atoms with Gasteiger partial charge in [0.25, 0.3) is 5.91 Å². The van der Waals surface area contributed by atoms with Crippen LogP contribution in [0.15, 0.2) is 51.7 Å². The zero-order valence-corrected chi connectivity index (χ0v) is 12.4. The van der Waals surface area contributed by atoms with Crippen molar-refractivity contribution in [2.24, 2.45) is 0 Å². The molecule has 6 heteroatoms. The maximum atomic E-state index is 12.8. The summed E-state index contributed by atoms with van der Waals surface area (Å²) in [4.78, 5) is 25.0. The van der Waals surface area contributed by atoms with Gasteiger partial charge in [-0.15, -0.1) is 0 Å². The normalized spacial score (nSPS) is 16.4. The van der Waals surface area contributed by atoms with Gasteiger partial charge in [-0.2, -0.15) is 0 Å². The summed E-state index contributed by atoms with van der Waals surface area (Å²) < 4.78 is 5.61. The number of hydrogen-bond acceptors (Lipinski definition) is 4. The van der Waals surface area contributed by atoms with E-state index in [0.717, 1.165) is 0 Å². The number of rotatable bonds is 1. The van der Waals surface area contributed by atoms with Gasteiger partial charge >= 0.3 is 0 Å². The summed E-state index contributed by atoms with van der Waals surface area (Å²) in [5.74, 6) is -0.314. The predicted molar refractivity (Wildman–Crippen MR) is 84.9 cm³/mol. The Kier molecular flexibility index (Phi) is 2.92. The van der Waals surface area contributed by atoms with Gasteiger partial charge in [-0.3, -0.25) is 9.59 Å². The third-order valence-electron chi connectivity index (χ3n) is 3.88. The van der Waals surface area contributed by atoms with E-state index in [1.807, 2.05) is 0 Å².